The maximum absolute atomic E-state index is 8.39. The highest BCUT2D eigenvalue weighted by molar-refractivity contribution is 6.33. The van der Waals surface area contributed by atoms with Crippen molar-refractivity contribution in [2.45, 2.75) is 0 Å². The van der Waals surface area contributed by atoms with Crippen LogP contribution in [0.2, 0.25) is 10.4 Å². The van der Waals surface area contributed by atoms with Crippen molar-refractivity contribution in [2.75, 3.05) is 0 Å². The number of imidazole rings is 1. The normalized spacial score (nSPS) is 9.40. The van der Waals surface area contributed by atoms with E-state index in [-0.39, 0.29) is 16.1 Å². The van der Waals surface area contributed by atoms with Crippen LogP contribution in [-0.2, 0) is 7.05 Å². The lowest BCUT2D eigenvalue weighted by molar-refractivity contribution is 0.915. The number of nitriles is 1. The van der Waals surface area contributed by atoms with Crippen molar-refractivity contribution in [2.24, 2.45) is 7.05 Å². The molecular formula is C5H3Cl2N3. The second-order valence-corrected chi connectivity index (χ2v) is 2.39. The summed E-state index contributed by atoms with van der Waals surface area (Å²) < 4.78 is 1.43. The minimum atomic E-state index is 0.161. The number of hydrogen-bond acceptors (Lipinski definition) is 2. The number of nitrogens with zero attached hydrogens (tertiary/aromatic N) is 3. The Morgan fingerprint density at radius 1 is 1.60 bits per heavy atom. The van der Waals surface area contributed by atoms with Crippen LogP contribution in [0.5, 0.6) is 0 Å². The Kier molecular flexibility index (Phi) is 1.84. The van der Waals surface area contributed by atoms with Crippen molar-refractivity contribution >= 4 is 23.2 Å². The maximum atomic E-state index is 8.39. The lowest BCUT2D eigenvalue weighted by Gasteiger charge is -1.90. The molecule has 0 atom stereocenters. The highest BCUT2D eigenvalue weighted by Gasteiger charge is 2.09. The smallest absolute Gasteiger partial charge is 0.204 e. The van der Waals surface area contributed by atoms with E-state index in [0.717, 1.165) is 0 Å². The monoisotopic (exact) mass is 175 g/mol. The van der Waals surface area contributed by atoms with Crippen molar-refractivity contribution in [3.8, 4) is 6.07 Å². The largest absolute Gasteiger partial charge is 0.308 e. The van der Waals surface area contributed by atoms with Crippen molar-refractivity contribution in [3.63, 3.8) is 0 Å². The Bertz CT molecular complexity index is 297. The van der Waals surface area contributed by atoms with Crippen LogP contribution in [0.25, 0.3) is 0 Å². The molecule has 0 amide bonds. The predicted molar refractivity (Wildman–Crippen MR) is 37.9 cm³/mol. The van der Waals surface area contributed by atoms with Gasteiger partial charge in [-0.05, 0) is 11.6 Å². The van der Waals surface area contributed by atoms with Gasteiger partial charge in [-0.3, -0.25) is 0 Å². The quantitative estimate of drug-likeness (QED) is 0.602. The molecule has 0 unspecified atom stereocenters. The molecule has 10 heavy (non-hydrogen) atoms. The zero-order valence-corrected chi connectivity index (χ0v) is 6.61. The SMILES string of the molecule is Cn1c(Cl)nc(C#N)c1Cl. The molecule has 0 aliphatic heterocycles. The van der Waals surface area contributed by atoms with E-state index in [1.807, 2.05) is 6.07 Å². The third-order valence-corrected chi connectivity index (χ3v) is 1.85. The van der Waals surface area contributed by atoms with Crippen molar-refractivity contribution in [1.29, 1.82) is 5.26 Å². The second-order valence-electron chi connectivity index (χ2n) is 1.69. The molecule has 5 heteroatoms. The van der Waals surface area contributed by atoms with Crippen LogP contribution in [0.15, 0.2) is 0 Å². The summed E-state index contributed by atoms with van der Waals surface area (Å²) in [6.45, 7) is 0. The zero-order chi connectivity index (χ0) is 7.72. The molecule has 0 aliphatic carbocycles. The molecule has 0 aromatic carbocycles. The fraction of sp³-hybridized carbons (Fsp3) is 0.200. The van der Waals surface area contributed by atoms with Crippen LogP contribution in [0.1, 0.15) is 5.69 Å². The summed E-state index contributed by atoms with van der Waals surface area (Å²) in [5.41, 5.74) is 0.161. The molecule has 0 bridgehead atoms. The van der Waals surface area contributed by atoms with Crippen LogP contribution in [0.4, 0.5) is 0 Å². The Morgan fingerprint density at radius 3 is 2.40 bits per heavy atom. The molecule has 0 spiro atoms. The summed E-state index contributed by atoms with van der Waals surface area (Å²) >= 11 is 11.1. The van der Waals surface area contributed by atoms with E-state index >= 15 is 0 Å². The minimum Gasteiger partial charge on any atom is -0.308 e. The van der Waals surface area contributed by atoms with Gasteiger partial charge in [0, 0.05) is 7.05 Å². The van der Waals surface area contributed by atoms with Gasteiger partial charge in [-0.25, -0.2) is 4.98 Å². The summed E-state index contributed by atoms with van der Waals surface area (Å²) in [4.78, 5) is 3.66. The first-order chi connectivity index (χ1) is 4.66. The van der Waals surface area contributed by atoms with Crippen LogP contribution in [-0.4, -0.2) is 9.55 Å². The summed E-state index contributed by atoms with van der Waals surface area (Å²) in [7, 11) is 1.64. The molecule has 52 valence electrons. The first-order valence-electron chi connectivity index (χ1n) is 2.44. The van der Waals surface area contributed by atoms with Crippen LogP contribution in [0.3, 0.4) is 0 Å². The van der Waals surface area contributed by atoms with Gasteiger partial charge in [0.15, 0.2) is 5.69 Å². The van der Waals surface area contributed by atoms with Gasteiger partial charge in [-0.2, -0.15) is 5.26 Å². The number of hydrogen-bond donors (Lipinski definition) is 0. The van der Waals surface area contributed by atoms with Crippen molar-refractivity contribution in [1.82, 2.24) is 9.55 Å². The molecule has 0 aliphatic rings. The van der Waals surface area contributed by atoms with Crippen LogP contribution in [0, 0.1) is 11.3 Å². The molecule has 3 nitrogen and oxygen atoms in total. The lowest BCUT2D eigenvalue weighted by atomic mass is 10.5. The number of halogens is 2. The van der Waals surface area contributed by atoms with E-state index in [4.69, 9.17) is 28.5 Å². The lowest BCUT2D eigenvalue weighted by Crippen LogP contribution is -1.85. The summed E-state index contributed by atoms with van der Waals surface area (Å²) in [5, 5.41) is 8.88. The molecule has 0 radical (unpaired) electrons. The number of aromatic nitrogens is 2. The fourth-order valence-corrected chi connectivity index (χ4v) is 0.901. The Balaban J connectivity index is 3.34. The van der Waals surface area contributed by atoms with Gasteiger partial charge >= 0.3 is 0 Å². The molecule has 0 fully saturated rings. The molecule has 0 N–H and O–H groups in total. The van der Waals surface area contributed by atoms with Crippen molar-refractivity contribution < 1.29 is 0 Å². The average Bonchev–Trinajstić information content (AvgIpc) is 2.17. The van der Waals surface area contributed by atoms with Gasteiger partial charge in [0.25, 0.3) is 0 Å². The molecule has 1 aromatic rings. The third-order valence-electron chi connectivity index (χ3n) is 1.08. The zero-order valence-electron chi connectivity index (χ0n) is 5.10. The van der Waals surface area contributed by atoms with E-state index in [9.17, 15) is 0 Å². The maximum Gasteiger partial charge on any atom is 0.204 e. The number of rotatable bonds is 0. The van der Waals surface area contributed by atoms with Crippen molar-refractivity contribution in [3.05, 3.63) is 16.1 Å². The average molecular weight is 176 g/mol. The van der Waals surface area contributed by atoms with E-state index in [1.165, 1.54) is 4.57 Å². The summed E-state index contributed by atoms with van der Waals surface area (Å²) in [6.07, 6.45) is 0. The Labute approximate surface area is 67.8 Å². The van der Waals surface area contributed by atoms with Gasteiger partial charge in [-0.15, -0.1) is 0 Å². The molecule has 0 saturated heterocycles. The fourth-order valence-electron chi connectivity index (χ4n) is 0.524. The van der Waals surface area contributed by atoms with Gasteiger partial charge in [-0.1, -0.05) is 11.6 Å². The molecule has 1 aromatic heterocycles. The topological polar surface area (TPSA) is 41.6 Å². The molecule has 1 heterocycles. The highest BCUT2D eigenvalue weighted by atomic mass is 35.5. The third kappa shape index (κ3) is 0.962. The Morgan fingerprint density at radius 2 is 2.20 bits per heavy atom. The van der Waals surface area contributed by atoms with Gasteiger partial charge in [0.2, 0.25) is 5.28 Å². The van der Waals surface area contributed by atoms with E-state index in [1.54, 1.807) is 7.05 Å². The first-order valence-corrected chi connectivity index (χ1v) is 3.20. The minimum absolute atomic E-state index is 0.161. The van der Waals surface area contributed by atoms with E-state index in [0.29, 0.717) is 0 Å². The molecular weight excluding hydrogens is 173 g/mol. The van der Waals surface area contributed by atoms with Gasteiger partial charge in [0.1, 0.15) is 11.2 Å². The van der Waals surface area contributed by atoms with E-state index in [2.05, 4.69) is 4.98 Å². The van der Waals surface area contributed by atoms with Gasteiger partial charge in [0.05, 0.1) is 0 Å². The highest BCUT2D eigenvalue weighted by Crippen LogP contribution is 2.18. The van der Waals surface area contributed by atoms with E-state index < -0.39 is 0 Å². The Hall–Kier alpha value is -0.720. The predicted octanol–water partition coefficient (Wildman–Crippen LogP) is 1.60. The standard InChI is InChI=1S/C5H3Cl2N3/c1-10-4(6)3(2-8)9-5(10)7/h1H3. The van der Waals surface area contributed by atoms with Crippen LogP contribution < -0.4 is 0 Å². The van der Waals surface area contributed by atoms with Crippen LogP contribution >= 0.6 is 23.2 Å². The molecule has 1 rings (SSSR count). The summed E-state index contributed by atoms with van der Waals surface area (Å²) in [5.74, 6) is 0. The second kappa shape index (κ2) is 2.49. The van der Waals surface area contributed by atoms with Gasteiger partial charge < -0.3 is 4.57 Å². The first kappa shape index (κ1) is 7.39. The summed E-state index contributed by atoms with van der Waals surface area (Å²) in [6, 6.07) is 1.81. The molecule has 0 saturated carbocycles.